The van der Waals surface area contributed by atoms with Gasteiger partial charge in [0.05, 0.1) is 11.6 Å². The molecule has 0 fully saturated rings. The zero-order chi connectivity index (χ0) is 22.5. The lowest BCUT2D eigenvalue weighted by Crippen LogP contribution is -2.10. The lowest BCUT2D eigenvalue weighted by molar-refractivity contribution is 1.28. The monoisotopic (exact) mass is 422 g/mol. The smallest absolute Gasteiger partial charge is 0.0992 e. The van der Waals surface area contributed by atoms with Gasteiger partial charge >= 0.3 is 0 Å². The van der Waals surface area contributed by atoms with Crippen molar-refractivity contribution in [2.24, 2.45) is 0 Å². The second-order valence-corrected chi connectivity index (χ2v) is 7.82. The molecule has 5 aromatic carbocycles. The molecule has 5 rings (SSSR count). The van der Waals surface area contributed by atoms with Crippen molar-refractivity contribution in [3.8, 4) is 28.3 Å². The first-order valence-corrected chi connectivity index (χ1v) is 10.9. The maximum absolute atomic E-state index is 9.44. The van der Waals surface area contributed by atoms with Crippen LogP contribution in [0.4, 0.5) is 17.1 Å². The summed E-state index contributed by atoms with van der Waals surface area (Å²) < 4.78 is 0. The van der Waals surface area contributed by atoms with Gasteiger partial charge in [0.1, 0.15) is 0 Å². The van der Waals surface area contributed by atoms with Gasteiger partial charge in [0, 0.05) is 17.1 Å². The zero-order valence-electron chi connectivity index (χ0n) is 18.1. The Bertz CT molecular complexity index is 1300. The van der Waals surface area contributed by atoms with Gasteiger partial charge in [0.2, 0.25) is 0 Å². The van der Waals surface area contributed by atoms with Gasteiger partial charge in [-0.05, 0) is 64.7 Å². The summed E-state index contributed by atoms with van der Waals surface area (Å²) in [4.78, 5) is 2.18. The molecule has 0 N–H and O–H groups in total. The van der Waals surface area contributed by atoms with Crippen LogP contribution >= 0.6 is 0 Å². The summed E-state index contributed by atoms with van der Waals surface area (Å²) in [6, 6.07) is 47.8. The molecule has 0 atom stereocenters. The summed E-state index contributed by atoms with van der Waals surface area (Å²) in [5.74, 6) is 0. The lowest BCUT2D eigenvalue weighted by Gasteiger charge is -2.26. The van der Waals surface area contributed by atoms with Crippen LogP contribution in [-0.2, 0) is 0 Å². The Balaban J connectivity index is 1.56. The third-order valence-corrected chi connectivity index (χ3v) is 5.70. The van der Waals surface area contributed by atoms with Gasteiger partial charge in [-0.2, -0.15) is 5.26 Å². The van der Waals surface area contributed by atoms with Crippen LogP contribution in [-0.4, -0.2) is 0 Å². The predicted octanol–water partition coefficient (Wildman–Crippen LogP) is 8.36. The van der Waals surface area contributed by atoms with Gasteiger partial charge in [-0.1, -0.05) is 91.0 Å². The molecule has 0 aliphatic heterocycles. The van der Waals surface area contributed by atoms with Crippen LogP contribution in [0.2, 0.25) is 0 Å². The van der Waals surface area contributed by atoms with Gasteiger partial charge in [-0.25, -0.2) is 0 Å². The van der Waals surface area contributed by atoms with Gasteiger partial charge in [0.15, 0.2) is 0 Å². The molecule has 0 amide bonds. The van der Waals surface area contributed by atoms with E-state index in [2.05, 4.69) is 108 Å². The fourth-order valence-electron chi connectivity index (χ4n) is 4.03. The topological polar surface area (TPSA) is 27.0 Å². The fourth-order valence-corrected chi connectivity index (χ4v) is 4.03. The molecule has 0 aliphatic carbocycles. The third-order valence-electron chi connectivity index (χ3n) is 5.70. The molecule has 0 saturated carbocycles. The van der Waals surface area contributed by atoms with Crippen LogP contribution in [0.3, 0.4) is 0 Å². The maximum atomic E-state index is 9.44. The van der Waals surface area contributed by atoms with Crippen molar-refractivity contribution in [2.75, 3.05) is 4.90 Å². The second kappa shape index (κ2) is 9.26. The van der Waals surface area contributed by atoms with E-state index >= 15 is 0 Å². The van der Waals surface area contributed by atoms with Gasteiger partial charge in [-0.3, -0.25) is 0 Å². The summed E-state index contributed by atoms with van der Waals surface area (Å²) in [5, 5.41) is 9.44. The van der Waals surface area contributed by atoms with Crippen LogP contribution in [0.25, 0.3) is 22.3 Å². The molecule has 0 aromatic heterocycles. The molecule has 0 heterocycles. The molecule has 33 heavy (non-hydrogen) atoms. The highest BCUT2D eigenvalue weighted by molar-refractivity contribution is 5.80. The molecular formula is C31H22N2. The average Bonchev–Trinajstić information content (AvgIpc) is 2.91. The number of hydrogen-bond acceptors (Lipinski definition) is 2. The van der Waals surface area contributed by atoms with Crippen LogP contribution in [0, 0.1) is 11.3 Å². The molecule has 0 aliphatic rings. The van der Waals surface area contributed by atoms with Crippen molar-refractivity contribution >= 4 is 17.1 Å². The molecule has 0 unspecified atom stereocenters. The first-order chi connectivity index (χ1) is 16.3. The highest BCUT2D eigenvalue weighted by Gasteiger charge is 2.13. The lowest BCUT2D eigenvalue weighted by atomic mass is 10.0. The van der Waals surface area contributed by atoms with E-state index < -0.39 is 0 Å². The maximum Gasteiger partial charge on any atom is 0.0992 e. The SMILES string of the molecule is N#Cc1cccc(N(c2ccc(-c3ccccc3)cc2)c2ccc(-c3ccccc3)cc2)c1. The summed E-state index contributed by atoms with van der Waals surface area (Å²) in [6.45, 7) is 0. The molecule has 156 valence electrons. The van der Waals surface area contributed by atoms with Gasteiger partial charge in [-0.15, -0.1) is 0 Å². The van der Waals surface area contributed by atoms with E-state index in [0.717, 1.165) is 17.1 Å². The predicted molar refractivity (Wildman–Crippen MR) is 137 cm³/mol. The quantitative estimate of drug-likeness (QED) is 0.284. The first-order valence-electron chi connectivity index (χ1n) is 10.9. The number of rotatable bonds is 5. The highest BCUT2D eigenvalue weighted by atomic mass is 15.1. The van der Waals surface area contributed by atoms with E-state index in [9.17, 15) is 5.26 Å². The molecule has 2 heteroatoms. The van der Waals surface area contributed by atoms with E-state index in [1.807, 2.05) is 36.4 Å². The summed E-state index contributed by atoms with van der Waals surface area (Å²) in [6.07, 6.45) is 0. The standard InChI is InChI=1S/C31H22N2/c32-23-24-8-7-13-31(22-24)33(29-18-14-27(15-19-29)25-9-3-1-4-10-25)30-20-16-28(17-21-30)26-11-5-2-6-12-26/h1-22H. The zero-order valence-corrected chi connectivity index (χ0v) is 18.1. The third kappa shape index (κ3) is 4.39. The van der Waals surface area contributed by atoms with Crippen LogP contribution in [0.5, 0.6) is 0 Å². The Labute approximate surface area is 194 Å². The van der Waals surface area contributed by atoms with E-state index in [0.29, 0.717) is 5.56 Å². The Morgan fingerprint density at radius 2 is 0.879 bits per heavy atom. The van der Waals surface area contributed by atoms with Crippen molar-refractivity contribution in [1.82, 2.24) is 0 Å². The van der Waals surface area contributed by atoms with E-state index in [4.69, 9.17) is 0 Å². The fraction of sp³-hybridized carbons (Fsp3) is 0. The Morgan fingerprint density at radius 1 is 0.424 bits per heavy atom. The van der Waals surface area contributed by atoms with Crippen molar-refractivity contribution < 1.29 is 0 Å². The molecule has 5 aromatic rings. The van der Waals surface area contributed by atoms with E-state index in [1.54, 1.807) is 0 Å². The number of hydrogen-bond donors (Lipinski definition) is 0. The van der Waals surface area contributed by atoms with Crippen molar-refractivity contribution in [3.63, 3.8) is 0 Å². The number of benzene rings is 5. The number of anilines is 3. The molecule has 0 spiro atoms. The van der Waals surface area contributed by atoms with E-state index in [1.165, 1.54) is 22.3 Å². The Hall–Kier alpha value is -4.61. The van der Waals surface area contributed by atoms with Crippen molar-refractivity contribution in [1.29, 1.82) is 5.26 Å². The molecule has 0 saturated heterocycles. The van der Waals surface area contributed by atoms with Gasteiger partial charge < -0.3 is 4.90 Å². The minimum absolute atomic E-state index is 0.638. The van der Waals surface area contributed by atoms with Crippen LogP contribution < -0.4 is 4.90 Å². The van der Waals surface area contributed by atoms with E-state index in [-0.39, 0.29) is 0 Å². The molecule has 2 nitrogen and oxygen atoms in total. The van der Waals surface area contributed by atoms with Crippen molar-refractivity contribution in [3.05, 3.63) is 139 Å². The molecule has 0 radical (unpaired) electrons. The summed E-state index contributed by atoms with van der Waals surface area (Å²) in [7, 11) is 0. The van der Waals surface area contributed by atoms with Gasteiger partial charge in [0.25, 0.3) is 0 Å². The molecule has 0 bridgehead atoms. The normalized spacial score (nSPS) is 10.4. The highest BCUT2D eigenvalue weighted by Crippen LogP contribution is 2.36. The minimum Gasteiger partial charge on any atom is -0.310 e. The summed E-state index contributed by atoms with van der Waals surface area (Å²) >= 11 is 0. The van der Waals surface area contributed by atoms with Crippen LogP contribution in [0.15, 0.2) is 133 Å². The first kappa shape index (κ1) is 20.3. The average molecular weight is 423 g/mol. The second-order valence-electron chi connectivity index (χ2n) is 7.82. The number of nitrogens with zero attached hydrogens (tertiary/aromatic N) is 2. The summed E-state index contributed by atoms with van der Waals surface area (Å²) in [5.41, 5.74) is 8.39. The van der Waals surface area contributed by atoms with Crippen LogP contribution in [0.1, 0.15) is 5.56 Å². The Kier molecular flexibility index (Phi) is 5.70. The molecular weight excluding hydrogens is 400 g/mol. The Morgan fingerprint density at radius 3 is 1.33 bits per heavy atom. The largest absolute Gasteiger partial charge is 0.310 e. The van der Waals surface area contributed by atoms with Crippen molar-refractivity contribution in [2.45, 2.75) is 0 Å². The number of nitriles is 1. The minimum atomic E-state index is 0.638.